The Morgan fingerprint density at radius 2 is 1.43 bits per heavy atom. The molecule has 0 aromatic heterocycles. The molecule has 0 radical (unpaired) electrons. The Bertz CT molecular complexity index is 1010. The predicted octanol–water partition coefficient (Wildman–Crippen LogP) is 7.47. The lowest BCUT2D eigenvalue weighted by Gasteiger charge is -2.41. The van der Waals surface area contributed by atoms with Gasteiger partial charge in [0, 0.05) is 0 Å². The van der Waals surface area contributed by atoms with Gasteiger partial charge in [0.05, 0.1) is 16.7 Å². The van der Waals surface area contributed by atoms with Crippen LogP contribution in [0.2, 0.25) is 0 Å². The number of benzene rings is 2. The van der Waals surface area contributed by atoms with Crippen molar-refractivity contribution in [2.75, 3.05) is 0 Å². The summed E-state index contributed by atoms with van der Waals surface area (Å²) in [4.78, 5) is 24.9. The maximum Gasteiger partial charge on any atom is 0.416 e. The molecule has 2 fully saturated rings. The molecule has 4 atom stereocenters. The van der Waals surface area contributed by atoms with E-state index in [-0.39, 0.29) is 17.4 Å². The van der Waals surface area contributed by atoms with Gasteiger partial charge in [0.25, 0.3) is 0 Å². The molecule has 0 N–H and O–H groups in total. The van der Waals surface area contributed by atoms with Gasteiger partial charge in [-0.05, 0) is 98.4 Å². The molecular formula is C28H31F3O4. The summed E-state index contributed by atoms with van der Waals surface area (Å²) in [5, 5.41) is 0. The van der Waals surface area contributed by atoms with Crippen molar-refractivity contribution in [3.63, 3.8) is 0 Å². The summed E-state index contributed by atoms with van der Waals surface area (Å²) >= 11 is 0. The number of halogens is 3. The Morgan fingerprint density at radius 3 is 2.09 bits per heavy atom. The van der Waals surface area contributed by atoms with Crippen LogP contribution in [0.25, 0.3) is 0 Å². The third-order valence-corrected chi connectivity index (χ3v) is 7.39. The summed E-state index contributed by atoms with van der Waals surface area (Å²) in [5.41, 5.74) is -0.469. The highest BCUT2D eigenvalue weighted by Crippen LogP contribution is 2.44. The minimum atomic E-state index is -4.47. The molecule has 2 aromatic rings. The van der Waals surface area contributed by atoms with E-state index in [4.69, 9.17) is 9.47 Å². The lowest BCUT2D eigenvalue weighted by molar-refractivity contribution is -0.137. The fourth-order valence-electron chi connectivity index (χ4n) is 5.56. The first-order valence-electron chi connectivity index (χ1n) is 12.4. The summed E-state index contributed by atoms with van der Waals surface area (Å²) in [5.74, 6) is 1.27. The summed E-state index contributed by atoms with van der Waals surface area (Å²) < 4.78 is 49.0. The summed E-state index contributed by atoms with van der Waals surface area (Å²) in [6.07, 6.45) is 4.78. The van der Waals surface area contributed by atoms with E-state index in [9.17, 15) is 22.8 Å². The molecule has 0 unspecified atom stereocenters. The minimum Gasteiger partial charge on any atom is -0.459 e. The van der Waals surface area contributed by atoms with E-state index in [2.05, 4.69) is 6.92 Å². The van der Waals surface area contributed by atoms with Crippen LogP contribution in [-0.2, 0) is 10.9 Å². The Morgan fingerprint density at radius 1 is 0.829 bits per heavy atom. The van der Waals surface area contributed by atoms with E-state index in [1.54, 1.807) is 0 Å². The number of carbonyl (C=O) groups excluding carboxylic acids is 2. The molecule has 35 heavy (non-hydrogen) atoms. The fraction of sp³-hybridized carbons (Fsp3) is 0.500. The molecule has 0 spiro atoms. The number of esters is 2. The Kier molecular flexibility index (Phi) is 7.82. The van der Waals surface area contributed by atoms with Crippen molar-refractivity contribution in [1.29, 1.82) is 0 Å². The smallest absolute Gasteiger partial charge is 0.416 e. The Labute approximate surface area is 203 Å². The van der Waals surface area contributed by atoms with E-state index >= 15 is 0 Å². The van der Waals surface area contributed by atoms with E-state index in [0.717, 1.165) is 55.4 Å². The van der Waals surface area contributed by atoms with Gasteiger partial charge in [0.15, 0.2) is 0 Å². The van der Waals surface area contributed by atoms with Crippen LogP contribution in [0.5, 0.6) is 5.75 Å². The number of hydrogen-bond acceptors (Lipinski definition) is 4. The second kappa shape index (κ2) is 10.8. The van der Waals surface area contributed by atoms with E-state index in [1.165, 1.54) is 56.4 Å². The third kappa shape index (κ3) is 6.44. The van der Waals surface area contributed by atoms with Gasteiger partial charge in [-0.2, -0.15) is 13.2 Å². The van der Waals surface area contributed by atoms with Crippen LogP contribution >= 0.6 is 0 Å². The standard InChI is InChI=1S/C28H31F3O4/c1-2-3-18-4-5-22-17-25(15-10-21(22)16-18)35-27(33)20-8-13-24(14-9-20)34-26(32)19-6-11-23(12-7-19)28(29,30)31/h6-9,11-14,18,21-22,25H,2-5,10,15-17H2,1H3/t18-,21+,22+,25+/m0/s1. The van der Waals surface area contributed by atoms with Crippen LogP contribution < -0.4 is 4.74 Å². The normalized spacial score (nSPS) is 24.3. The number of rotatable bonds is 6. The SMILES string of the molecule is CCC[C@H]1CC[C@@H]2C[C@H](OC(=O)c3ccc(OC(=O)c4ccc(C(F)(F)F)cc4)cc3)CC[C@@H]2C1. The van der Waals surface area contributed by atoms with Crippen LogP contribution in [0, 0.1) is 17.8 Å². The van der Waals surface area contributed by atoms with Crippen molar-refractivity contribution >= 4 is 11.9 Å². The zero-order chi connectivity index (χ0) is 25.0. The molecule has 0 amide bonds. The first-order chi connectivity index (χ1) is 16.7. The molecule has 2 aromatic carbocycles. The number of hydrogen-bond donors (Lipinski definition) is 0. The van der Waals surface area contributed by atoms with Crippen molar-refractivity contribution in [3.8, 4) is 5.75 Å². The lowest BCUT2D eigenvalue weighted by atomic mass is 9.66. The van der Waals surface area contributed by atoms with Crippen LogP contribution in [0.1, 0.15) is 84.6 Å². The first-order valence-corrected chi connectivity index (χ1v) is 12.4. The number of alkyl halides is 3. The van der Waals surface area contributed by atoms with Gasteiger partial charge in [0.1, 0.15) is 11.9 Å². The summed E-state index contributed by atoms with van der Waals surface area (Å²) in [6, 6.07) is 9.82. The second-order valence-electron chi connectivity index (χ2n) is 9.82. The molecule has 2 aliphatic carbocycles. The molecule has 7 heteroatoms. The van der Waals surface area contributed by atoms with Crippen LogP contribution in [-0.4, -0.2) is 18.0 Å². The van der Waals surface area contributed by atoms with E-state index in [0.29, 0.717) is 11.5 Å². The largest absolute Gasteiger partial charge is 0.459 e. The van der Waals surface area contributed by atoms with Gasteiger partial charge in [-0.15, -0.1) is 0 Å². The highest BCUT2D eigenvalue weighted by molar-refractivity contribution is 5.92. The minimum absolute atomic E-state index is 0.000756. The highest BCUT2D eigenvalue weighted by Gasteiger charge is 2.36. The predicted molar refractivity (Wildman–Crippen MR) is 125 cm³/mol. The molecule has 0 saturated heterocycles. The topological polar surface area (TPSA) is 52.6 Å². The van der Waals surface area contributed by atoms with Crippen molar-refractivity contribution in [2.45, 2.75) is 70.6 Å². The molecule has 4 rings (SSSR count). The average molecular weight is 489 g/mol. The molecule has 0 bridgehead atoms. The lowest BCUT2D eigenvalue weighted by Crippen LogP contribution is -2.35. The van der Waals surface area contributed by atoms with E-state index in [1.807, 2.05) is 0 Å². The zero-order valence-corrected chi connectivity index (χ0v) is 19.9. The summed E-state index contributed by atoms with van der Waals surface area (Å²) in [6.45, 7) is 2.25. The molecule has 0 aliphatic heterocycles. The molecular weight excluding hydrogens is 457 g/mol. The van der Waals surface area contributed by atoms with Crippen LogP contribution in [0.3, 0.4) is 0 Å². The zero-order valence-electron chi connectivity index (χ0n) is 19.9. The van der Waals surface area contributed by atoms with Crippen molar-refractivity contribution in [1.82, 2.24) is 0 Å². The molecule has 2 aliphatic rings. The van der Waals surface area contributed by atoms with Crippen LogP contribution in [0.4, 0.5) is 13.2 Å². The monoisotopic (exact) mass is 488 g/mol. The molecule has 0 heterocycles. The maximum absolute atomic E-state index is 12.7. The van der Waals surface area contributed by atoms with Gasteiger partial charge < -0.3 is 9.47 Å². The third-order valence-electron chi connectivity index (χ3n) is 7.39. The Balaban J connectivity index is 1.28. The Hall–Kier alpha value is -2.83. The maximum atomic E-state index is 12.7. The van der Waals surface area contributed by atoms with Gasteiger partial charge in [-0.25, -0.2) is 9.59 Å². The number of ether oxygens (including phenoxy) is 2. The molecule has 2 saturated carbocycles. The van der Waals surface area contributed by atoms with Gasteiger partial charge >= 0.3 is 18.1 Å². The number of carbonyl (C=O) groups is 2. The highest BCUT2D eigenvalue weighted by atomic mass is 19.4. The molecule has 4 nitrogen and oxygen atoms in total. The van der Waals surface area contributed by atoms with Crippen molar-refractivity contribution < 1.29 is 32.2 Å². The van der Waals surface area contributed by atoms with E-state index < -0.39 is 23.7 Å². The average Bonchev–Trinajstić information content (AvgIpc) is 2.84. The van der Waals surface area contributed by atoms with Crippen LogP contribution in [0.15, 0.2) is 48.5 Å². The van der Waals surface area contributed by atoms with Gasteiger partial charge in [-0.1, -0.05) is 26.2 Å². The first kappa shape index (κ1) is 25.3. The van der Waals surface area contributed by atoms with Crippen molar-refractivity contribution in [2.24, 2.45) is 17.8 Å². The van der Waals surface area contributed by atoms with Crippen molar-refractivity contribution in [3.05, 3.63) is 65.2 Å². The second-order valence-corrected chi connectivity index (χ2v) is 9.82. The fourth-order valence-corrected chi connectivity index (χ4v) is 5.56. The summed E-state index contributed by atoms with van der Waals surface area (Å²) in [7, 11) is 0. The van der Waals surface area contributed by atoms with Gasteiger partial charge in [0.2, 0.25) is 0 Å². The number of fused-ring (bicyclic) bond motifs is 1. The van der Waals surface area contributed by atoms with Gasteiger partial charge in [-0.3, -0.25) is 0 Å². The molecule has 188 valence electrons. The quantitative estimate of drug-likeness (QED) is 0.313.